The van der Waals surface area contributed by atoms with E-state index in [0.717, 1.165) is 25.9 Å². The van der Waals surface area contributed by atoms with Crippen molar-refractivity contribution in [3.63, 3.8) is 0 Å². The summed E-state index contributed by atoms with van der Waals surface area (Å²) in [5.74, 6) is 0.228. The summed E-state index contributed by atoms with van der Waals surface area (Å²) in [6.45, 7) is 10.4. The molecule has 0 aromatic rings. The minimum Gasteiger partial charge on any atom is -0.343 e. The Kier molecular flexibility index (Phi) is 6.71. The van der Waals surface area contributed by atoms with Gasteiger partial charge in [0.25, 0.3) is 0 Å². The van der Waals surface area contributed by atoms with Gasteiger partial charge in [0.1, 0.15) is 0 Å². The van der Waals surface area contributed by atoms with Gasteiger partial charge in [-0.3, -0.25) is 4.79 Å². The van der Waals surface area contributed by atoms with Crippen molar-refractivity contribution in [3.8, 4) is 0 Å². The van der Waals surface area contributed by atoms with Gasteiger partial charge in [-0.15, -0.1) is 13.2 Å². The predicted molar refractivity (Wildman–Crippen MR) is 75.8 cm³/mol. The molecule has 0 saturated carbocycles. The van der Waals surface area contributed by atoms with Gasteiger partial charge in [-0.25, -0.2) is 4.79 Å². The van der Waals surface area contributed by atoms with E-state index in [2.05, 4.69) is 18.5 Å². The minimum atomic E-state index is -0.118. The van der Waals surface area contributed by atoms with Gasteiger partial charge in [-0.1, -0.05) is 12.2 Å². The number of hydrogen-bond donors (Lipinski definition) is 1. The smallest absolute Gasteiger partial charge is 0.317 e. The third-order valence-electron chi connectivity index (χ3n) is 3.04. The number of nitrogens with one attached hydrogen (secondary N) is 1. The van der Waals surface area contributed by atoms with Crippen molar-refractivity contribution in [2.75, 3.05) is 32.7 Å². The van der Waals surface area contributed by atoms with Crippen LogP contribution in [-0.2, 0) is 4.79 Å². The predicted octanol–water partition coefficient (Wildman–Crippen LogP) is 1.38. The highest BCUT2D eigenvalue weighted by atomic mass is 16.2. The molecular formula is C14H23N3O2. The highest BCUT2D eigenvalue weighted by molar-refractivity contribution is 5.78. The van der Waals surface area contributed by atoms with E-state index in [9.17, 15) is 9.59 Å². The first kappa shape index (κ1) is 15.3. The topological polar surface area (TPSA) is 52.7 Å². The van der Waals surface area contributed by atoms with Crippen LogP contribution < -0.4 is 5.32 Å². The Balaban J connectivity index is 2.19. The molecule has 19 heavy (non-hydrogen) atoms. The van der Waals surface area contributed by atoms with Gasteiger partial charge >= 0.3 is 6.03 Å². The van der Waals surface area contributed by atoms with E-state index in [0.29, 0.717) is 26.1 Å². The normalized spacial score (nSPS) is 14.3. The Morgan fingerprint density at radius 1 is 1.37 bits per heavy atom. The second kappa shape index (κ2) is 8.34. The number of carbonyl (C=O) groups is 2. The van der Waals surface area contributed by atoms with Gasteiger partial charge < -0.3 is 15.1 Å². The Morgan fingerprint density at radius 3 is 2.58 bits per heavy atom. The molecule has 0 aromatic heterocycles. The zero-order valence-electron chi connectivity index (χ0n) is 11.4. The standard InChI is InChI=1S/C14H23N3O2/c1-3-9-17(10-4-2)14(19)15-8-6-12-16-11-5-7-13(16)18/h3-4H,1-2,5-12H2,(H,15,19). The average molecular weight is 265 g/mol. The van der Waals surface area contributed by atoms with E-state index in [1.54, 1.807) is 17.1 Å². The molecule has 1 aliphatic rings. The molecule has 0 radical (unpaired) electrons. The van der Waals surface area contributed by atoms with Crippen molar-refractivity contribution in [2.45, 2.75) is 19.3 Å². The van der Waals surface area contributed by atoms with Crippen molar-refractivity contribution in [3.05, 3.63) is 25.3 Å². The molecule has 1 rings (SSSR count). The van der Waals surface area contributed by atoms with Crippen LogP contribution in [0.4, 0.5) is 4.79 Å². The maximum atomic E-state index is 11.8. The molecule has 0 bridgehead atoms. The zero-order valence-corrected chi connectivity index (χ0v) is 11.4. The van der Waals surface area contributed by atoms with Gasteiger partial charge in [0.15, 0.2) is 0 Å². The van der Waals surface area contributed by atoms with Crippen LogP contribution in [0.5, 0.6) is 0 Å². The maximum absolute atomic E-state index is 11.8. The molecule has 3 amide bonds. The number of rotatable bonds is 8. The quantitative estimate of drug-likeness (QED) is 0.532. The average Bonchev–Trinajstić information content (AvgIpc) is 2.80. The molecule has 1 fully saturated rings. The lowest BCUT2D eigenvalue weighted by molar-refractivity contribution is -0.127. The highest BCUT2D eigenvalue weighted by Crippen LogP contribution is 2.09. The minimum absolute atomic E-state index is 0.118. The summed E-state index contributed by atoms with van der Waals surface area (Å²) in [5.41, 5.74) is 0. The molecule has 0 unspecified atom stereocenters. The Hall–Kier alpha value is -1.78. The summed E-state index contributed by atoms with van der Waals surface area (Å²) >= 11 is 0. The molecule has 1 heterocycles. The van der Waals surface area contributed by atoms with E-state index < -0.39 is 0 Å². The van der Waals surface area contributed by atoms with E-state index in [-0.39, 0.29) is 11.9 Å². The van der Waals surface area contributed by atoms with Gasteiger partial charge in [0, 0.05) is 39.1 Å². The molecule has 0 aliphatic carbocycles. The van der Waals surface area contributed by atoms with E-state index in [1.165, 1.54) is 0 Å². The molecule has 106 valence electrons. The molecule has 1 saturated heterocycles. The first-order chi connectivity index (χ1) is 9.19. The molecule has 0 spiro atoms. The van der Waals surface area contributed by atoms with Crippen LogP contribution in [0.2, 0.25) is 0 Å². The van der Waals surface area contributed by atoms with Gasteiger partial charge in [-0.05, 0) is 12.8 Å². The maximum Gasteiger partial charge on any atom is 0.317 e. The monoisotopic (exact) mass is 265 g/mol. The van der Waals surface area contributed by atoms with Crippen LogP contribution in [0.25, 0.3) is 0 Å². The Bertz CT molecular complexity index is 332. The summed E-state index contributed by atoms with van der Waals surface area (Å²) < 4.78 is 0. The molecule has 5 heteroatoms. The number of urea groups is 1. The van der Waals surface area contributed by atoms with E-state index >= 15 is 0 Å². The van der Waals surface area contributed by atoms with Crippen molar-refractivity contribution in [2.24, 2.45) is 0 Å². The lowest BCUT2D eigenvalue weighted by Crippen LogP contribution is -2.41. The summed E-state index contributed by atoms with van der Waals surface area (Å²) in [5, 5.41) is 2.84. The van der Waals surface area contributed by atoms with Crippen LogP contribution in [0.15, 0.2) is 25.3 Å². The number of amides is 3. The van der Waals surface area contributed by atoms with Gasteiger partial charge in [0.2, 0.25) is 5.91 Å². The first-order valence-electron chi connectivity index (χ1n) is 6.71. The number of carbonyl (C=O) groups excluding carboxylic acids is 2. The van der Waals surface area contributed by atoms with E-state index in [4.69, 9.17) is 0 Å². The zero-order chi connectivity index (χ0) is 14.1. The van der Waals surface area contributed by atoms with Gasteiger partial charge in [-0.2, -0.15) is 0 Å². The van der Waals surface area contributed by atoms with E-state index in [1.807, 2.05) is 4.90 Å². The van der Waals surface area contributed by atoms with Crippen LogP contribution in [-0.4, -0.2) is 54.5 Å². The van der Waals surface area contributed by atoms with Crippen LogP contribution in [0.1, 0.15) is 19.3 Å². The van der Waals surface area contributed by atoms with Crippen LogP contribution in [0, 0.1) is 0 Å². The SMILES string of the molecule is C=CCN(CC=C)C(=O)NCCCN1CCCC1=O. The van der Waals surface area contributed by atoms with Crippen molar-refractivity contribution in [1.29, 1.82) is 0 Å². The van der Waals surface area contributed by atoms with Crippen LogP contribution in [0.3, 0.4) is 0 Å². The largest absolute Gasteiger partial charge is 0.343 e. The third kappa shape index (κ3) is 5.16. The first-order valence-corrected chi connectivity index (χ1v) is 6.71. The van der Waals surface area contributed by atoms with Crippen molar-refractivity contribution in [1.82, 2.24) is 15.1 Å². The lowest BCUT2D eigenvalue weighted by Gasteiger charge is -2.20. The molecule has 0 atom stereocenters. The third-order valence-corrected chi connectivity index (χ3v) is 3.04. The molecule has 0 aromatic carbocycles. The summed E-state index contributed by atoms with van der Waals surface area (Å²) in [6, 6.07) is -0.118. The summed E-state index contributed by atoms with van der Waals surface area (Å²) in [4.78, 5) is 26.7. The second-order valence-electron chi connectivity index (χ2n) is 4.55. The lowest BCUT2D eigenvalue weighted by atomic mass is 10.4. The summed E-state index contributed by atoms with van der Waals surface area (Å²) in [7, 11) is 0. The molecule has 5 nitrogen and oxygen atoms in total. The molecular weight excluding hydrogens is 242 g/mol. The fourth-order valence-corrected chi connectivity index (χ4v) is 2.07. The van der Waals surface area contributed by atoms with Crippen molar-refractivity contribution < 1.29 is 9.59 Å². The highest BCUT2D eigenvalue weighted by Gasteiger charge is 2.19. The summed E-state index contributed by atoms with van der Waals surface area (Å²) in [6.07, 6.45) is 5.78. The molecule has 1 aliphatic heterocycles. The van der Waals surface area contributed by atoms with Crippen molar-refractivity contribution >= 4 is 11.9 Å². The van der Waals surface area contributed by atoms with Gasteiger partial charge in [0.05, 0.1) is 0 Å². The number of likely N-dealkylation sites (tertiary alicyclic amines) is 1. The molecule has 1 N–H and O–H groups in total. The number of nitrogens with zero attached hydrogens (tertiary/aromatic N) is 2. The van der Waals surface area contributed by atoms with Crippen LogP contribution >= 0.6 is 0 Å². The number of hydrogen-bond acceptors (Lipinski definition) is 2. The fourth-order valence-electron chi connectivity index (χ4n) is 2.07. The Morgan fingerprint density at radius 2 is 2.05 bits per heavy atom. The fraction of sp³-hybridized carbons (Fsp3) is 0.571. The Labute approximate surface area is 114 Å². The second-order valence-corrected chi connectivity index (χ2v) is 4.55.